The van der Waals surface area contributed by atoms with Crippen molar-refractivity contribution in [2.45, 2.75) is 13.3 Å². The molecule has 22 heavy (non-hydrogen) atoms. The Bertz CT molecular complexity index is 629. The van der Waals surface area contributed by atoms with Crippen LogP contribution in [0.1, 0.15) is 12.0 Å². The highest BCUT2D eigenvalue weighted by Gasteiger charge is 2.05. The minimum absolute atomic E-state index is 0.494. The zero-order valence-corrected chi connectivity index (χ0v) is 14.1. The van der Waals surface area contributed by atoms with E-state index in [2.05, 4.69) is 0 Å². The van der Waals surface area contributed by atoms with Gasteiger partial charge in [-0.15, -0.1) is 0 Å². The molecule has 118 valence electrons. The van der Waals surface area contributed by atoms with Crippen LogP contribution >= 0.6 is 23.2 Å². The van der Waals surface area contributed by atoms with Gasteiger partial charge in [-0.3, -0.25) is 0 Å². The van der Waals surface area contributed by atoms with Crippen LogP contribution in [0.25, 0.3) is 0 Å². The average Bonchev–Trinajstić information content (AvgIpc) is 2.51. The summed E-state index contributed by atoms with van der Waals surface area (Å²) in [5.41, 5.74) is 1.13. The first kappa shape index (κ1) is 16.8. The maximum atomic E-state index is 6.03. The zero-order valence-electron chi connectivity index (χ0n) is 12.6. The van der Waals surface area contributed by atoms with Gasteiger partial charge in [-0.1, -0.05) is 29.3 Å². The van der Waals surface area contributed by atoms with Gasteiger partial charge in [0, 0.05) is 17.5 Å². The Labute approximate surface area is 140 Å². The van der Waals surface area contributed by atoms with E-state index in [9.17, 15) is 0 Å². The summed E-state index contributed by atoms with van der Waals surface area (Å²) < 4.78 is 16.6. The molecule has 0 aliphatic heterocycles. The number of benzene rings is 2. The molecule has 0 bridgehead atoms. The molecule has 3 nitrogen and oxygen atoms in total. The van der Waals surface area contributed by atoms with Crippen molar-refractivity contribution in [2.24, 2.45) is 0 Å². The number of hydrogen-bond donors (Lipinski definition) is 0. The molecule has 5 heteroatoms. The Balaban J connectivity index is 1.79. The highest BCUT2D eigenvalue weighted by Crippen LogP contribution is 2.29. The highest BCUT2D eigenvalue weighted by atomic mass is 35.5. The summed E-state index contributed by atoms with van der Waals surface area (Å²) in [7, 11) is 1.63. The molecule has 0 atom stereocenters. The number of methoxy groups -OCH3 is 1. The van der Waals surface area contributed by atoms with Crippen LogP contribution in [0.3, 0.4) is 0 Å². The lowest BCUT2D eigenvalue weighted by molar-refractivity contribution is 0.240. The molecular formula is C17H18Cl2O3. The summed E-state index contributed by atoms with van der Waals surface area (Å²) in [6.45, 7) is 3.03. The van der Waals surface area contributed by atoms with E-state index < -0.39 is 0 Å². The predicted octanol–water partition coefficient (Wildman–Crippen LogP) is 5.16. The normalized spacial score (nSPS) is 10.4. The molecule has 0 radical (unpaired) electrons. The molecule has 2 rings (SSSR count). The van der Waals surface area contributed by atoms with Crippen molar-refractivity contribution in [2.75, 3.05) is 20.3 Å². The summed E-state index contributed by atoms with van der Waals surface area (Å²) in [6, 6.07) is 11.0. The fraction of sp³-hybridized carbons (Fsp3) is 0.294. The van der Waals surface area contributed by atoms with Crippen LogP contribution in [0.2, 0.25) is 10.0 Å². The second kappa shape index (κ2) is 8.16. The van der Waals surface area contributed by atoms with Gasteiger partial charge >= 0.3 is 0 Å². The van der Waals surface area contributed by atoms with E-state index in [1.165, 1.54) is 0 Å². The fourth-order valence-electron chi connectivity index (χ4n) is 1.91. The first-order valence-corrected chi connectivity index (χ1v) is 7.71. The summed E-state index contributed by atoms with van der Waals surface area (Å²) in [4.78, 5) is 0. The quantitative estimate of drug-likeness (QED) is 0.651. The van der Waals surface area contributed by atoms with Crippen molar-refractivity contribution in [1.29, 1.82) is 0 Å². The maximum Gasteiger partial charge on any atom is 0.161 e. The lowest BCUT2D eigenvalue weighted by atomic mass is 10.2. The SMILES string of the molecule is COc1cc(C)ccc1OCCCOc1cc(Cl)ccc1Cl. The standard InChI is InChI=1S/C17H18Cl2O3/c1-12-4-7-15(17(10-12)20-2)21-8-3-9-22-16-11-13(18)5-6-14(16)19/h4-7,10-11H,3,8-9H2,1-2H3. The molecule has 0 unspecified atom stereocenters. The van der Waals surface area contributed by atoms with E-state index in [0.717, 1.165) is 23.5 Å². The Kier molecular flexibility index (Phi) is 6.22. The van der Waals surface area contributed by atoms with Crippen LogP contribution in [0.5, 0.6) is 17.2 Å². The molecule has 0 aliphatic carbocycles. The Morgan fingerprint density at radius 3 is 2.32 bits per heavy atom. The molecule has 0 N–H and O–H groups in total. The Hall–Kier alpha value is -1.58. The molecule has 0 aliphatic rings. The van der Waals surface area contributed by atoms with Crippen molar-refractivity contribution in [3.05, 3.63) is 52.0 Å². The van der Waals surface area contributed by atoms with Crippen molar-refractivity contribution >= 4 is 23.2 Å². The lowest BCUT2D eigenvalue weighted by Gasteiger charge is -2.12. The molecule has 0 amide bonds. The number of ether oxygens (including phenoxy) is 3. The first-order chi connectivity index (χ1) is 10.6. The third kappa shape index (κ3) is 4.72. The van der Waals surface area contributed by atoms with E-state index >= 15 is 0 Å². The van der Waals surface area contributed by atoms with Crippen LogP contribution in [-0.2, 0) is 0 Å². The van der Waals surface area contributed by atoms with Gasteiger partial charge in [0.05, 0.1) is 25.3 Å². The van der Waals surface area contributed by atoms with Crippen molar-refractivity contribution < 1.29 is 14.2 Å². The molecule has 2 aromatic carbocycles. The summed E-state index contributed by atoms with van der Waals surface area (Å²) >= 11 is 11.9. The number of halogens is 2. The van der Waals surface area contributed by atoms with Gasteiger partial charge in [-0.2, -0.15) is 0 Å². The van der Waals surface area contributed by atoms with Crippen molar-refractivity contribution in [3.8, 4) is 17.2 Å². The monoisotopic (exact) mass is 340 g/mol. The van der Waals surface area contributed by atoms with E-state index in [1.54, 1.807) is 25.3 Å². The fourth-order valence-corrected chi connectivity index (χ4v) is 2.24. The maximum absolute atomic E-state index is 6.03. The topological polar surface area (TPSA) is 27.7 Å². The second-order valence-electron chi connectivity index (χ2n) is 4.78. The van der Waals surface area contributed by atoms with Gasteiger partial charge in [-0.25, -0.2) is 0 Å². The minimum atomic E-state index is 0.494. The molecule has 0 spiro atoms. The molecule has 0 fully saturated rings. The van der Waals surface area contributed by atoms with E-state index in [-0.39, 0.29) is 0 Å². The third-order valence-corrected chi connectivity index (χ3v) is 3.56. The van der Waals surface area contributed by atoms with Gasteiger partial charge in [0.2, 0.25) is 0 Å². The smallest absolute Gasteiger partial charge is 0.161 e. The minimum Gasteiger partial charge on any atom is -0.493 e. The zero-order chi connectivity index (χ0) is 15.9. The van der Waals surface area contributed by atoms with Crippen LogP contribution in [-0.4, -0.2) is 20.3 Å². The molecule has 0 saturated carbocycles. The van der Waals surface area contributed by atoms with Crippen LogP contribution in [0, 0.1) is 6.92 Å². The van der Waals surface area contributed by atoms with Crippen LogP contribution < -0.4 is 14.2 Å². The summed E-state index contributed by atoms with van der Waals surface area (Å²) in [5, 5.41) is 1.14. The number of hydrogen-bond acceptors (Lipinski definition) is 3. The summed E-state index contributed by atoms with van der Waals surface area (Å²) in [5.74, 6) is 2.05. The van der Waals surface area contributed by atoms with E-state index in [1.807, 2.05) is 25.1 Å². The van der Waals surface area contributed by atoms with E-state index in [0.29, 0.717) is 29.0 Å². The first-order valence-electron chi connectivity index (χ1n) is 6.95. The van der Waals surface area contributed by atoms with Crippen LogP contribution in [0.15, 0.2) is 36.4 Å². The number of rotatable bonds is 7. The second-order valence-corrected chi connectivity index (χ2v) is 5.62. The molecule has 2 aromatic rings. The molecule has 0 aromatic heterocycles. The largest absolute Gasteiger partial charge is 0.493 e. The van der Waals surface area contributed by atoms with Gasteiger partial charge in [-0.05, 0) is 36.8 Å². The Morgan fingerprint density at radius 2 is 1.59 bits per heavy atom. The average molecular weight is 341 g/mol. The van der Waals surface area contributed by atoms with Crippen molar-refractivity contribution in [1.82, 2.24) is 0 Å². The Morgan fingerprint density at radius 1 is 0.864 bits per heavy atom. The van der Waals surface area contributed by atoms with Crippen molar-refractivity contribution in [3.63, 3.8) is 0 Å². The number of aryl methyl sites for hydroxylation is 1. The highest BCUT2D eigenvalue weighted by molar-refractivity contribution is 6.34. The van der Waals surface area contributed by atoms with Crippen LogP contribution in [0.4, 0.5) is 0 Å². The third-order valence-electron chi connectivity index (χ3n) is 3.02. The van der Waals surface area contributed by atoms with E-state index in [4.69, 9.17) is 37.4 Å². The van der Waals surface area contributed by atoms with Gasteiger partial charge < -0.3 is 14.2 Å². The molecule has 0 saturated heterocycles. The molecule has 0 heterocycles. The van der Waals surface area contributed by atoms with Gasteiger partial charge in [0.15, 0.2) is 11.5 Å². The summed E-state index contributed by atoms with van der Waals surface area (Å²) in [6.07, 6.45) is 0.722. The lowest BCUT2D eigenvalue weighted by Crippen LogP contribution is -2.06. The van der Waals surface area contributed by atoms with Gasteiger partial charge in [0.1, 0.15) is 5.75 Å². The molecular weight excluding hydrogens is 323 g/mol. The predicted molar refractivity (Wildman–Crippen MR) is 89.8 cm³/mol. The van der Waals surface area contributed by atoms with Gasteiger partial charge in [0.25, 0.3) is 0 Å².